The molecule has 0 fully saturated rings. The van der Waals surface area contributed by atoms with Crippen molar-refractivity contribution in [3.8, 4) is 11.5 Å². The van der Waals surface area contributed by atoms with E-state index in [0.717, 1.165) is 69.6 Å². The van der Waals surface area contributed by atoms with E-state index >= 15 is 0 Å². The Morgan fingerprint density at radius 3 is 1.96 bits per heavy atom. The van der Waals surface area contributed by atoms with Crippen molar-refractivity contribution in [2.24, 2.45) is 5.92 Å². The maximum absolute atomic E-state index is 12.0. The Morgan fingerprint density at radius 1 is 0.745 bits per heavy atom. The molecule has 5 nitrogen and oxygen atoms in total. The van der Waals surface area contributed by atoms with Crippen LogP contribution in [0.3, 0.4) is 0 Å². The van der Waals surface area contributed by atoms with Crippen LogP contribution in [0.25, 0.3) is 33.0 Å². The molecule has 238 valence electrons. The molecule has 0 saturated carbocycles. The highest BCUT2D eigenvalue weighted by Crippen LogP contribution is 2.41. The number of para-hydroxylation sites is 4. The molecule has 3 atom stereocenters. The highest BCUT2D eigenvalue weighted by atomic mass is 16.5. The number of aromatic nitrogens is 1. The number of fused-ring (bicyclic) bond motifs is 3. The lowest BCUT2D eigenvalue weighted by Gasteiger charge is -2.30. The molecule has 0 aliphatic heterocycles. The Balaban J connectivity index is 1.03. The molecule has 3 unspecified atom stereocenters. The number of ether oxygens (including phenoxy) is 2. The number of hydrogen-bond acceptors (Lipinski definition) is 4. The molecule has 5 heteroatoms. The van der Waals surface area contributed by atoms with E-state index in [4.69, 9.17) is 9.47 Å². The Labute approximate surface area is 276 Å². The first-order chi connectivity index (χ1) is 23.0. The molecular weight excluding hydrogens is 582 g/mol. The lowest BCUT2D eigenvalue weighted by Crippen LogP contribution is -2.26. The largest absolute Gasteiger partial charge is 0.508 e. The van der Waals surface area contributed by atoms with E-state index in [9.17, 15) is 10.2 Å². The minimum atomic E-state index is -0.756. The molecule has 5 aromatic rings. The summed E-state index contributed by atoms with van der Waals surface area (Å²) in [5.41, 5.74) is 6.97. The van der Waals surface area contributed by atoms with Crippen molar-refractivity contribution in [2.75, 3.05) is 13.2 Å². The lowest BCUT2D eigenvalue weighted by atomic mass is 9.87. The van der Waals surface area contributed by atoms with E-state index in [2.05, 4.69) is 79.1 Å². The topological polar surface area (TPSA) is 63.9 Å². The van der Waals surface area contributed by atoms with Gasteiger partial charge in [0.15, 0.2) is 0 Å². The predicted molar refractivity (Wildman–Crippen MR) is 192 cm³/mol. The second kappa shape index (κ2) is 13.4. The van der Waals surface area contributed by atoms with Crippen molar-refractivity contribution in [2.45, 2.75) is 45.3 Å². The van der Waals surface area contributed by atoms with Crippen molar-refractivity contribution in [3.05, 3.63) is 144 Å². The standard InChI is InChI=1S/C42H41NO4/c1-28-21-22-39(44)34(25-28)32-15-5-9-19-40(32)46-23-11-12-24-47-41-20-10-6-16-33(41)35-26-29(2)27-38(42(35)45)43-36-17-7-3-13-30(36)31-14-4-8-18-37(31)43/h3-10,13-22,26-28,38,42,44-45H,11-12,23-25H2,1-2H3. The van der Waals surface area contributed by atoms with Gasteiger partial charge in [0.1, 0.15) is 23.4 Å². The summed E-state index contributed by atoms with van der Waals surface area (Å²) in [4.78, 5) is 0. The molecule has 1 aromatic heterocycles. The Hall–Kier alpha value is -5.00. The first kappa shape index (κ1) is 30.6. The zero-order chi connectivity index (χ0) is 32.3. The molecule has 0 radical (unpaired) electrons. The number of allylic oxidation sites excluding steroid dienone is 5. The summed E-state index contributed by atoms with van der Waals surface area (Å²) in [6, 6.07) is 32.5. The van der Waals surface area contributed by atoms with Crippen LogP contribution >= 0.6 is 0 Å². The fourth-order valence-electron chi connectivity index (χ4n) is 6.99. The van der Waals surface area contributed by atoms with Gasteiger partial charge in [0, 0.05) is 38.5 Å². The molecule has 0 amide bonds. The monoisotopic (exact) mass is 623 g/mol. The number of nitrogens with zero attached hydrogens (tertiary/aromatic N) is 1. The molecule has 0 saturated heterocycles. The van der Waals surface area contributed by atoms with Gasteiger partial charge in [0.05, 0.1) is 19.3 Å². The van der Waals surface area contributed by atoms with Gasteiger partial charge in [0.2, 0.25) is 0 Å². The molecule has 7 rings (SSSR count). The van der Waals surface area contributed by atoms with Crippen LogP contribution in [0.15, 0.2) is 133 Å². The summed E-state index contributed by atoms with van der Waals surface area (Å²) in [6.07, 6.45) is 9.74. The second-order valence-corrected chi connectivity index (χ2v) is 12.7. The minimum Gasteiger partial charge on any atom is -0.508 e. The van der Waals surface area contributed by atoms with Crippen LogP contribution < -0.4 is 9.47 Å². The third-order valence-electron chi connectivity index (χ3n) is 9.26. The van der Waals surface area contributed by atoms with Gasteiger partial charge in [-0.2, -0.15) is 0 Å². The van der Waals surface area contributed by atoms with Gasteiger partial charge in [0.25, 0.3) is 0 Å². The molecular formula is C42H41NO4. The normalized spacial score (nSPS) is 19.6. The van der Waals surface area contributed by atoms with Crippen molar-refractivity contribution < 1.29 is 19.7 Å². The molecule has 1 heterocycles. The van der Waals surface area contributed by atoms with Crippen LogP contribution in [0.2, 0.25) is 0 Å². The van der Waals surface area contributed by atoms with Crippen molar-refractivity contribution >= 4 is 33.0 Å². The average Bonchev–Trinajstić information content (AvgIpc) is 3.43. The van der Waals surface area contributed by atoms with Crippen LogP contribution in [0.4, 0.5) is 0 Å². The number of unbranched alkanes of at least 4 members (excludes halogenated alkanes) is 1. The van der Waals surface area contributed by atoms with Crippen LogP contribution in [0.5, 0.6) is 11.5 Å². The Kier molecular flexibility index (Phi) is 8.73. The first-order valence-corrected chi connectivity index (χ1v) is 16.6. The molecule has 2 aliphatic carbocycles. The summed E-state index contributed by atoms with van der Waals surface area (Å²) in [5, 5.41) is 24.9. The molecule has 2 N–H and O–H groups in total. The van der Waals surface area contributed by atoms with Gasteiger partial charge in [-0.15, -0.1) is 0 Å². The maximum Gasteiger partial charge on any atom is 0.126 e. The van der Waals surface area contributed by atoms with E-state index in [1.54, 1.807) is 6.08 Å². The number of rotatable bonds is 10. The molecule has 4 aromatic carbocycles. The van der Waals surface area contributed by atoms with Crippen molar-refractivity contribution in [1.82, 2.24) is 4.57 Å². The highest BCUT2D eigenvalue weighted by Gasteiger charge is 2.30. The van der Waals surface area contributed by atoms with Gasteiger partial charge in [-0.1, -0.05) is 104 Å². The maximum atomic E-state index is 12.0. The fourth-order valence-corrected chi connectivity index (χ4v) is 6.99. The van der Waals surface area contributed by atoms with E-state index in [1.807, 2.05) is 54.6 Å². The van der Waals surface area contributed by atoms with E-state index in [0.29, 0.717) is 24.9 Å². The van der Waals surface area contributed by atoms with E-state index in [-0.39, 0.29) is 6.04 Å². The summed E-state index contributed by atoms with van der Waals surface area (Å²) >= 11 is 0. The SMILES string of the molecule is CC1=CC(n2c3ccccc3c3ccccc32)C(O)C(c2ccccc2OCCCCOc2ccccc2C2=C(O)C=CC(C)C2)=C1. The van der Waals surface area contributed by atoms with Crippen LogP contribution in [0.1, 0.15) is 50.3 Å². The van der Waals surface area contributed by atoms with Gasteiger partial charge in [-0.05, 0) is 68.0 Å². The smallest absolute Gasteiger partial charge is 0.126 e. The van der Waals surface area contributed by atoms with Gasteiger partial charge < -0.3 is 24.3 Å². The molecule has 0 spiro atoms. The summed E-state index contributed by atoms with van der Waals surface area (Å²) in [6.45, 7) is 5.33. The Bertz CT molecular complexity index is 1990. The molecule has 0 bridgehead atoms. The third-order valence-corrected chi connectivity index (χ3v) is 9.26. The van der Waals surface area contributed by atoms with E-state index < -0.39 is 6.10 Å². The number of aliphatic hydroxyl groups is 2. The number of aliphatic hydroxyl groups excluding tert-OH is 2. The number of hydrogen-bond donors (Lipinski definition) is 2. The zero-order valence-corrected chi connectivity index (χ0v) is 27.0. The van der Waals surface area contributed by atoms with E-state index in [1.165, 1.54) is 10.8 Å². The zero-order valence-electron chi connectivity index (χ0n) is 27.0. The van der Waals surface area contributed by atoms with Crippen LogP contribution in [-0.4, -0.2) is 34.1 Å². The predicted octanol–water partition coefficient (Wildman–Crippen LogP) is 9.84. The van der Waals surface area contributed by atoms with Gasteiger partial charge in [-0.3, -0.25) is 0 Å². The van der Waals surface area contributed by atoms with Gasteiger partial charge in [-0.25, -0.2) is 0 Å². The average molecular weight is 624 g/mol. The quantitative estimate of drug-likeness (QED) is 0.152. The first-order valence-electron chi connectivity index (χ1n) is 16.6. The molecule has 2 aliphatic rings. The second-order valence-electron chi connectivity index (χ2n) is 12.7. The lowest BCUT2D eigenvalue weighted by molar-refractivity contribution is 0.189. The third kappa shape index (κ3) is 6.11. The highest BCUT2D eigenvalue weighted by molar-refractivity contribution is 6.08. The van der Waals surface area contributed by atoms with Crippen LogP contribution in [0, 0.1) is 5.92 Å². The van der Waals surface area contributed by atoms with Crippen molar-refractivity contribution in [1.29, 1.82) is 0 Å². The number of benzene rings is 4. The Morgan fingerprint density at radius 2 is 1.30 bits per heavy atom. The van der Waals surface area contributed by atoms with Crippen LogP contribution in [-0.2, 0) is 0 Å². The molecule has 47 heavy (non-hydrogen) atoms. The fraction of sp³-hybridized carbons (Fsp3) is 0.238. The summed E-state index contributed by atoms with van der Waals surface area (Å²) in [5.74, 6) is 2.25. The summed E-state index contributed by atoms with van der Waals surface area (Å²) < 4.78 is 14.8. The minimum absolute atomic E-state index is 0.265. The van der Waals surface area contributed by atoms with Crippen molar-refractivity contribution in [3.63, 3.8) is 0 Å². The summed E-state index contributed by atoms with van der Waals surface area (Å²) in [7, 11) is 0. The van der Waals surface area contributed by atoms with Gasteiger partial charge >= 0.3 is 0 Å².